The van der Waals surface area contributed by atoms with Crippen LogP contribution in [-0.4, -0.2) is 83.9 Å². The van der Waals surface area contributed by atoms with Crippen LogP contribution in [0, 0.1) is 0 Å². The van der Waals surface area contributed by atoms with Gasteiger partial charge in [-0.3, -0.25) is 4.79 Å². The summed E-state index contributed by atoms with van der Waals surface area (Å²) in [6.07, 6.45) is 0. The Kier molecular flexibility index (Phi) is 6.84. The number of carbonyl (C=O) groups is 1. The summed E-state index contributed by atoms with van der Waals surface area (Å²) in [5.74, 6) is -0.171. The summed E-state index contributed by atoms with van der Waals surface area (Å²) < 4.78 is 13.2. The number of thiazole rings is 1. The molecule has 3 aromatic rings. The van der Waals surface area contributed by atoms with E-state index in [4.69, 9.17) is 19.5 Å². The number of hydrogen-bond donors (Lipinski definition) is 1. The maximum atomic E-state index is 13.9. The summed E-state index contributed by atoms with van der Waals surface area (Å²) in [5.41, 5.74) is 3.89. The molecule has 0 saturated carbocycles. The minimum Gasteiger partial charge on any atom is -0.506 e. The molecule has 2 fully saturated rings. The number of carbonyl (C=O) groups excluding carboxylic acids is 1. The summed E-state index contributed by atoms with van der Waals surface area (Å²) in [6.45, 7) is 5.51. The lowest BCUT2D eigenvalue weighted by Crippen LogP contribution is -2.36. The van der Waals surface area contributed by atoms with Gasteiger partial charge in [0, 0.05) is 36.0 Å². The zero-order valence-electron chi connectivity index (χ0n) is 21.7. The predicted octanol–water partition coefficient (Wildman–Crippen LogP) is 4.39. The third-order valence-corrected chi connectivity index (χ3v) is 9.54. The van der Waals surface area contributed by atoms with E-state index < -0.39 is 0 Å². The maximum absolute atomic E-state index is 13.9. The van der Waals surface area contributed by atoms with Crippen LogP contribution in [0.15, 0.2) is 81.9 Å². The standard InChI is InChI=1S/C30H26N4O4S2/c35-25-21(27-23(19-7-3-1-4-8-19)31-29(39-27)33-11-15-37-16-12-33)26(36)22(25)28-24(20-9-5-2-6-10-20)32-30(40-28)34-13-17-38-18-14-34/h1-10H,11-18H2/p+1. The summed E-state index contributed by atoms with van der Waals surface area (Å²) in [6, 6.07) is 19.7. The highest BCUT2D eigenvalue weighted by Gasteiger charge is 2.45. The third-order valence-electron chi connectivity index (χ3n) is 7.27. The molecular weight excluding hydrogens is 544 g/mol. The van der Waals surface area contributed by atoms with Crippen molar-refractivity contribution >= 4 is 50.5 Å². The van der Waals surface area contributed by atoms with Gasteiger partial charge in [-0.2, -0.15) is 0 Å². The van der Waals surface area contributed by atoms with Crippen molar-refractivity contribution in [3.63, 3.8) is 0 Å². The molecule has 0 bridgehead atoms. The van der Waals surface area contributed by atoms with Crippen molar-refractivity contribution in [2.45, 2.75) is 0 Å². The van der Waals surface area contributed by atoms with Gasteiger partial charge in [-0.1, -0.05) is 72.0 Å². The van der Waals surface area contributed by atoms with E-state index >= 15 is 0 Å². The van der Waals surface area contributed by atoms with Gasteiger partial charge in [0.1, 0.15) is 18.8 Å². The van der Waals surface area contributed by atoms with Gasteiger partial charge >= 0.3 is 5.17 Å². The Morgan fingerprint density at radius 3 is 2.17 bits per heavy atom. The number of benzene rings is 2. The van der Waals surface area contributed by atoms with E-state index in [0.717, 1.165) is 47.6 Å². The van der Waals surface area contributed by atoms with E-state index in [9.17, 15) is 9.90 Å². The Morgan fingerprint density at radius 2 is 1.50 bits per heavy atom. The first-order chi connectivity index (χ1) is 19.7. The van der Waals surface area contributed by atoms with Crippen molar-refractivity contribution in [2.75, 3.05) is 57.5 Å². The van der Waals surface area contributed by atoms with Crippen LogP contribution in [0.3, 0.4) is 0 Å². The minimum absolute atomic E-state index is 0.00807. The van der Waals surface area contributed by atoms with Crippen LogP contribution >= 0.6 is 23.1 Å². The van der Waals surface area contributed by atoms with Crippen LogP contribution in [0.25, 0.3) is 16.8 Å². The molecule has 8 nitrogen and oxygen atoms in total. The van der Waals surface area contributed by atoms with Gasteiger partial charge in [-0.25, -0.2) is 9.56 Å². The number of anilines is 1. The van der Waals surface area contributed by atoms with Gasteiger partial charge in [-0.05, 0) is 4.99 Å². The summed E-state index contributed by atoms with van der Waals surface area (Å²) in [5, 5.41) is 13.2. The van der Waals surface area contributed by atoms with E-state index in [1.54, 1.807) is 0 Å². The van der Waals surface area contributed by atoms with Crippen molar-refractivity contribution in [3.8, 4) is 11.3 Å². The smallest absolute Gasteiger partial charge is 0.360 e. The number of hydrogen-bond acceptors (Lipinski definition) is 8. The zero-order valence-corrected chi connectivity index (χ0v) is 23.3. The SMILES string of the molecule is O=C1C(c2sc(N3CCOCC3)nc2-c2ccccc2)=C(O)/C1=C1\SC(=[N+]2CCOCC2)N=C1c1ccccc1. The lowest BCUT2D eigenvalue weighted by atomic mass is 9.84. The average Bonchev–Trinajstić information content (AvgIpc) is 3.65. The molecule has 1 aromatic heterocycles. The van der Waals surface area contributed by atoms with E-state index in [1.165, 1.54) is 23.1 Å². The highest BCUT2D eigenvalue weighted by Crippen LogP contribution is 2.48. The molecule has 0 spiro atoms. The van der Waals surface area contributed by atoms with Crippen LogP contribution < -0.4 is 4.90 Å². The summed E-state index contributed by atoms with van der Waals surface area (Å²) in [4.78, 5) is 27.4. The number of aliphatic hydroxyl groups excluding tert-OH is 1. The number of aliphatic hydroxyl groups is 1. The van der Waals surface area contributed by atoms with Gasteiger partial charge in [0.05, 0.1) is 53.0 Å². The number of allylic oxidation sites excluding steroid dienone is 3. The van der Waals surface area contributed by atoms with Crippen molar-refractivity contribution in [1.29, 1.82) is 0 Å². The predicted molar refractivity (Wildman–Crippen MR) is 159 cm³/mol. The molecule has 0 unspecified atom stereocenters. The van der Waals surface area contributed by atoms with Crippen molar-refractivity contribution < 1.29 is 24.0 Å². The molecule has 4 heterocycles. The molecule has 1 N–H and O–H groups in total. The van der Waals surface area contributed by atoms with Crippen molar-refractivity contribution in [1.82, 2.24) is 4.98 Å². The molecule has 2 aromatic carbocycles. The first-order valence-electron chi connectivity index (χ1n) is 13.3. The zero-order chi connectivity index (χ0) is 27.1. The highest BCUT2D eigenvalue weighted by atomic mass is 32.2. The highest BCUT2D eigenvalue weighted by molar-refractivity contribution is 8.18. The van der Waals surface area contributed by atoms with E-state index in [1.807, 2.05) is 60.7 Å². The van der Waals surface area contributed by atoms with Crippen LogP contribution in [0.4, 0.5) is 5.13 Å². The number of Topliss-reactive ketones (excluding diaryl/α,β-unsaturated/α-hetero) is 1. The number of ether oxygens (including phenoxy) is 2. The van der Waals surface area contributed by atoms with Crippen LogP contribution in [0.2, 0.25) is 0 Å². The Balaban J connectivity index is 1.34. The molecule has 202 valence electrons. The van der Waals surface area contributed by atoms with Crippen LogP contribution in [0.1, 0.15) is 10.4 Å². The van der Waals surface area contributed by atoms with Crippen LogP contribution in [-0.2, 0) is 14.3 Å². The first-order valence-corrected chi connectivity index (χ1v) is 15.0. The largest absolute Gasteiger partial charge is 0.506 e. The number of amidine groups is 1. The minimum atomic E-state index is -0.179. The first kappa shape index (κ1) is 25.4. The Labute approximate surface area is 240 Å². The molecule has 4 aliphatic rings. The second kappa shape index (κ2) is 10.8. The fraction of sp³-hybridized carbons (Fsp3) is 0.267. The third kappa shape index (κ3) is 4.50. The number of morpholine rings is 2. The topological polar surface area (TPSA) is 87.3 Å². The maximum Gasteiger partial charge on any atom is 0.360 e. The quantitative estimate of drug-likeness (QED) is 0.367. The van der Waals surface area contributed by atoms with Crippen molar-refractivity contribution in [2.24, 2.45) is 4.99 Å². The normalized spacial score (nSPS) is 21.6. The Hall–Kier alpha value is -3.57. The molecule has 1 aliphatic carbocycles. The van der Waals surface area contributed by atoms with Gasteiger partial charge in [-0.15, -0.1) is 0 Å². The molecule has 40 heavy (non-hydrogen) atoms. The Bertz CT molecular complexity index is 1590. The number of aromatic nitrogens is 1. The molecule has 0 atom stereocenters. The second-order valence-corrected chi connectivity index (χ2v) is 11.7. The van der Waals surface area contributed by atoms with E-state index in [2.05, 4.69) is 9.48 Å². The molecule has 10 heteroatoms. The van der Waals surface area contributed by atoms with Gasteiger partial charge in [0.2, 0.25) is 5.78 Å². The molecule has 0 amide bonds. The summed E-state index contributed by atoms with van der Waals surface area (Å²) >= 11 is 2.90. The molecule has 7 rings (SSSR count). The van der Waals surface area contributed by atoms with Gasteiger partial charge < -0.3 is 19.5 Å². The van der Waals surface area contributed by atoms with Gasteiger partial charge in [0.25, 0.3) is 0 Å². The number of aliphatic imine (C=N–C) groups is 1. The molecular formula is C30H27N4O4S2+. The van der Waals surface area contributed by atoms with E-state index in [0.29, 0.717) is 58.8 Å². The molecule has 0 radical (unpaired) electrons. The van der Waals surface area contributed by atoms with Crippen molar-refractivity contribution in [3.05, 3.63) is 87.3 Å². The van der Waals surface area contributed by atoms with Crippen LogP contribution in [0.5, 0.6) is 0 Å². The molecule has 2 saturated heterocycles. The average molecular weight is 572 g/mol. The lowest BCUT2D eigenvalue weighted by Gasteiger charge is -2.26. The fourth-order valence-electron chi connectivity index (χ4n) is 5.14. The summed E-state index contributed by atoms with van der Waals surface area (Å²) in [7, 11) is 0. The monoisotopic (exact) mass is 571 g/mol. The molecule has 3 aliphatic heterocycles. The number of ketones is 1. The van der Waals surface area contributed by atoms with Gasteiger partial charge in [0.15, 0.2) is 10.8 Å². The Morgan fingerprint density at radius 1 is 0.850 bits per heavy atom. The van der Waals surface area contributed by atoms with E-state index in [-0.39, 0.29) is 11.5 Å². The fourth-order valence-corrected chi connectivity index (χ4v) is 7.51. The second-order valence-electron chi connectivity index (χ2n) is 9.71. The number of rotatable bonds is 4. The number of thioether (sulfide) groups is 1. The number of nitrogens with zero attached hydrogens (tertiary/aromatic N) is 4. The lowest BCUT2D eigenvalue weighted by molar-refractivity contribution is -0.547.